The van der Waals surface area contributed by atoms with Crippen molar-refractivity contribution < 1.29 is 4.39 Å². The van der Waals surface area contributed by atoms with E-state index in [0.29, 0.717) is 11.4 Å². The number of fused-ring (bicyclic) bond motifs is 1. The summed E-state index contributed by atoms with van der Waals surface area (Å²) in [5.41, 5.74) is 14.3. The van der Waals surface area contributed by atoms with Crippen LogP contribution in [-0.2, 0) is 0 Å². The van der Waals surface area contributed by atoms with Crippen LogP contribution in [0.4, 0.5) is 16.0 Å². The molecule has 0 aliphatic carbocycles. The van der Waals surface area contributed by atoms with Gasteiger partial charge in [0.05, 0.1) is 11.1 Å². The molecule has 6 heteroatoms. The van der Waals surface area contributed by atoms with Crippen molar-refractivity contribution in [3.63, 3.8) is 0 Å². The summed E-state index contributed by atoms with van der Waals surface area (Å²) < 4.78 is 13.6. The SMILES string of the molecule is CC(C)(C)C#Cc1cc(-c2cc(N)nc(F)c2)cc2c(N)n[nH]c12. The lowest BCUT2D eigenvalue weighted by molar-refractivity contribution is 0.571. The second kappa shape index (κ2) is 5.53. The second-order valence-corrected chi connectivity index (χ2v) is 6.66. The molecule has 0 atom stereocenters. The number of H-pyrrole nitrogens is 1. The van der Waals surface area contributed by atoms with Crippen LogP contribution in [0.3, 0.4) is 0 Å². The van der Waals surface area contributed by atoms with Crippen LogP contribution in [0.1, 0.15) is 26.3 Å². The average molecular weight is 323 g/mol. The average Bonchev–Trinajstić information content (AvgIpc) is 2.84. The maximum Gasteiger partial charge on any atom is 0.215 e. The standard InChI is InChI=1S/C18H18FN5/c1-18(2,3)5-4-10-6-11(7-13-16(10)23-24-17(13)21)12-8-14(19)22-15(20)9-12/h6-9H,1-3H3,(H2,20,22)(H3,21,23,24). The van der Waals surface area contributed by atoms with Crippen LogP contribution < -0.4 is 11.5 Å². The van der Waals surface area contributed by atoms with Crippen molar-refractivity contribution in [2.75, 3.05) is 11.5 Å². The zero-order chi connectivity index (χ0) is 17.5. The minimum Gasteiger partial charge on any atom is -0.384 e. The van der Waals surface area contributed by atoms with Gasteiger partial charge in [-0.05, 0) is 50.1 Å². The van der Waals surface area contributed by atoms with Gasteiger partial charge in [-0.3, -0.25) is 5.10 Å². The minimum atomic E-state index is -0.632. The number of nitrogens with two attached hydrogens (primary N) is 2. The summed E-state index contributed by atoms with van der Waals surface area (Å²) in [5, 5.41) is 7.69. The quantitative estimate of drug-likeness (QED) is 0.473. The van der Waals surface area contributed by atoms with Gasteiger partial charge in [-0.25, -0.2) is 4.98 Å². The normalized spacial score (nSPS) is 11.3. The third-order valence-electron chi connectivity index (χ3n) is 3.42. The Balaban J connectivity index is 2.26. The second-order valence-electron chi connectivity index (χ2n) is 6.66. The van der Waals surface area contributed by atoms with Crippen LogP contribution >= 0.6 is 0 Å². The van der Waals surface area contributed by atoms with Crippen LogP contribution in [-0.4, -0.2) is 15.2 Å². The largest absolute Gasteiger partial charge is 0.384 e. The van der Waals surface area contributed by atoms with E-state index in [1.54, 1.807) is 6.07 Å². The van der Waals surface area contributed by atoms with Gasteiger partial charge in [-0.1, -0.05) is 11.8 Å². The third kappa shape index (κ3) is 3.15. The number of aromatic amines is 1. The lowest BCUT2D eigenvalue weighted by Crippen LogP contribution is -1.99. The van der Waals surface area contributed by atoms with Gasteiger partial charge in [-0.2, -0.15) is 9.49 Å². The number of hydrogen-bond acceptors (Lipinski definition) is 4. The number of nitrogens with zero attached hydrogens (tertiary/aromatic N) is 2. The number of nitrogens with one attached hydrogen (secondary N) is 1. The minimum absolute atomic E-state index is 0.118. The number of benzene rings is 1. The fourth-order valence-electron chi connectivity index (χ4n) is 2.34. The van der Waals surface area contributed by atoms with Gasteiger partial charge < -0.3 is 11.5 Å². The zero-order valence-electron chi connectivity index (χ0n) is 13.7. The first kappa shape index (κ1) is 15.8. The highest BCUT2D eigenvalue weighted by Crippen LogP contribution is 2.30. The fraction of sp³-hybridized carbons (Fsp3) is 0.222. The van der Waals surface area contributed by atoms with Crippen molar-refractivity contribution >= 4 is 22.5 Å². The summed E-state index contributed by atoms with van der Waals surface area (Å²) in [5.74, 6) is 6.21. The highest BCUT2D eigenvalue weighted by molar-refractivity contribution is 5.96. The number of aromatic nitrogens is 3. The predicted octanol–water partition coefficient (Wildman–Crippen LogP) is 3.33. The van der Waals surface area contributed by atoms with Crippen molar-refractivity contribution in [2.24, 2.45) is 5.41 Å². The lowest BCUT2D eigenvalue weighted by atomic mass is 9.96. The summed E-state index contributed by atoms with van der Waals surface area (Å²) in [6, 6.07) is 6.65. The van der Waals surface area contributed by atoms with Gasteiger partial charge in [0.25, 0.3) is 0 Å². The van der Waals surface area contributed by atoms with Crippen LogP contribution in [0.2, 0.25) is 0 Å². The van der Waals surface area contributed by atoms with E-state index >= 15 is 0 Å². The summed E-state index contributed by atoms with van der Waals surface area (Å²) in [4.78, 5) is 3.56. The summed E-state index contributed by atoms with van der Waals surface area (Å²) >= 11 is 0. The van der Waals surface area contributed by atoms with Crippen molar-refractivity contribution in [3.05, 3.63) is 35.8 Å². The lowest BCUT2D eigenvalue weighted by Gasteiger charge is -2.08. The van der Waals surface area contributed by atoms with Crippen molar-refractivity contribution in [1.82, 2.24) is 15.2 Å². The van der Waals surface area contributed by atoms with E-state index in [1.165, 1.54) is 6.07 Å². The Bertz CT molecular complexity index is 966. The number of hydrogen-bond donors (Lipinski definition) is 3. The van der Waals surface area contributed by atoms with Gasteiger partial charge in [-0.15, -0.1) is 0 Å². The van der Waals surface area contributed by atoms with Crippen molar-refractivity contribution in [2.45, 2.75) is 20.8 Å². The van der Waals surface area contributed by atoms with Gasteiger partial charge in [0.15, 0.2) is 5.82 Å². The molecule has 3 rings (SSSR count). The maximum absolute atomic E-state index is 13.6. The highest BCUT2D eigenvalue weighted by Gasteiger charge is 2.12. The molecule has 122 valence electrons. The predicted molar refractivity (Wildman–Crippen MR) is 94.4 cm³/mol. The molecule has 0 aliphatic heterocycles. The molecule has 0 radical (unpaired) electrons. The molecule has 3 aromatic rings. The van der Waals surface area contributed by atoms with Gasteiger partial charge >= 0.3 is 0 Å². The maximum atomic E-state index is 13.6. The van der Waals surface area contributed by atoms with Gasteiger partial charge in [0.2, 0.25) is 5.95 Å². The molecule has 0 fully saturated rings. The first-order valence-electron chi connectivity index (χ1n) is 7.47. The number of pyridine rings is 1. The van der Waals surface area contributed by atoms with Crippen molar-refractivity contribution in [1.29, 1.82) is 0 Å². The van der Waals surface area contributed by atoms with E-state index in [0.717, 1.165) is 22.0 Å². The molecule has 2 heterocycles. The molecule has 24 heavy (non-hydrogen) atoms. The van der Waals surface area contributed by atoms with Crippen LogP contribution in [0, 0.1) is 23.2 Å². The highest BCUT2D eigenvalue weighted by atomic mass is 19.1. The molecule has 5 nitrogen and oxygen atoms in total. The monoisotopic (exact) mass is 323 g/mol. The van der Waals surface area contributed by atoms with E-state index < -0.39 is 5.95 Å². The van der Waals surface area contributed by atoms with E-state index in [9.17, 15) is 4.39 Å². The molecule has 0 spiro atoms. The molecular weight excluding hydrogens is 305 g/mol. The first-order valence-corrected chi connectivity index (χ1v) is 7.47. The Labute approximate surface area is 139 Å². The Morgan fingerprint density at radius 1 is 1.08 bits per heavy atom. The topological polar surface area (TPSA) is 93.6 Å². The molecule has 0 unspecified atom stereocenters. The van der Waals surface area contributed by atoms with Crippen LogP contribution in [0.25, 0.3) is 22.0 Å². The Morgan fingerprint density at radius 3 is 2.46 bits per heavy atom. The van der Waals surface area contributed by atoms with E-state index in [4.69, 9.17) is 11.5 Å². The molecule has 1 aromatic carbocycles. The molecule has 0 bridgehead atoms. The van der Waals surface area contributed by atoms with Crippen molar-refractivity contribution in [3.8, 4) is 23.0 Å². The molecule has 2 aromatic heterocycles. The number of halogens is 1. The molecule has 5 N–H and O–H groups in total. The number of nitrogen functional groups attached to an aromatic ring is 2. The van der Waals surface area contributed by atoms with Crippen LogP contribution in [0.5, 0.6) is 0 Å². The van der Waals surface area contributed by atoms with E-state index in [1.807, 2.05) is 32.9 Å². The van der Waals surface area contributed by atoms with E-state index in [2.05, 4.69) is 27.0 Å². The molecule has 0 saturated carbocycles. The molecule has 0 aliphatic rings. The Hall–Kier alpha value is -3.07. The van der Waals surface area contributed by atoms with Crippen LogP contribution in [0.15, 0.2) is 24.3 Å². The zero-order valence-corrected chi connectivity index (χ0v) is 13.7. The number of rotatable bonds is 1. The molecular formula is C18H18FN5. The van der Waals surface area contributed by atoms with Gasteiger partial charge in [0, 0.05) is 16.9 Å². The van der Waals surface area contributed by atoms with Gasteiger partial charge in [0.1, 0.15) is 5.82 Å². The summed E-state index contributed by atoms with van der Waals surface area (Å²) in [7, 11) is 0. The third-order valence-corrected chi connectivity index (χ3v) is 3.42. The smallest absolute Gasteiger partial charge is 0.215 e. The molecule has 0 saturated heterocycles. The number of anilines is 2. The Kier molecular flexibility index (Phi) is 3.64. The Morgan fingerprint density at radius 2 is 1.79 bits per heavy atom. The first-order chi connectivity index (χ1) is 11.2. The van der Waals surface area contributed by atoms with E-state index in [-0.39, 0.29) is 11.2 Å². The molecule has 0 amide bonds. The summed E-state index contributed by atoms with van der Waals surface area (Å²) in [6.45, 7) is 6.09. The fourth-order valence-corrected chi connectivity index (χ4v) is 2.34. The summed E-state index contributed by atoms with van der Waals surface area (Å²) in [6.07, 6.45) is 0.